The Hall–Kier alpha value is -1.73. The SMILES string of the molecule is Cc1sc2ncnc(N3CCC(C(=O)N4CCO[C@H](C)C4)CC3)c2c1C. The van der Waals surface area contributed by atoms with E-state index >= 15 is 0 Å². The number of morpholine rings is 1. The van der Waals surface area contributed by atoms with E-state index in [0.29, 0.717) is 12.5 Å². The van der Waals surface area contributed by atoms with Gasteiger partial charge in [-0.05, 0) is 39.2 Å². The van der Waals surface area contributed by atoms with Crippen LogP contribution in [-0.4, -0.2) is 59.7 Å². The molecule has 4 heterocycles. The van der Waals surface area contributed by atoms with Crippen molar-refractivity contribution in [3.63, 3.8) is 0 Å². The predicted molar refractivity (Wildman–Crippen MR) is 104 cm³/mol. The van der Waals surface area contributed by atoms with Gasteiger partial charge in [0.2, 0.25) is 5.91 Å². The molecule has 2 saturated heterocycles. The van der Waals surface area contributed by atoms with E-state index in [4.69, 9.17) is 4.74 Å². The fraction of sp³-hybridized carbons (Fsp3) is 0.632. The molecule has 1 amide bonds. The number of thiophene rings is 1. The second-order valence-corrected chi connectivity index (χ2v) is 8.59. The van der Waals surface area contributed by atoms with Gasteiger partial charge in [0, 0.05) is 37.0 Å². The number of aromatic nitrogens is 2. The first-order valence-electron chi connectivity index (χ1n) is 9.40. The minimum Gasteiger partial charge on any atom is -0.375 e. The van der Waals surface area contributed by atoms with E-state index in [1.54, 1.807) is 17.7 Å². The minimum atomic E-state index is 0.124. The van der Waals surface area contributed by atoms with Crippen LogP contribution in [-0.2, 0) is 9.53 Å². The third kappa shape index (κ3) is 3.18. The quantitative estimate of drug-likeness (QED) is 0.809. The molecular weight excluding hydrogens is 348 g/mol. The first kappa shape index (κ1) is 17.7. The Labute approximate surface area is 158 Å². The summed E-state index contributed by atoms with van der Waals surface area (Å²) in [4.78, 5) is 28.5. The summed E-state index contributed by atoms with van der Waals surface area (Å²) in [6.45, 7) is 10.2. The topological polar surface area (TPSA) is 58.6 Å². The summed E-state index contributed by atoms with van der Waals surface area (Å²) in [7, 11) is 0. The van der Waals surface area contributed by atoms with Crippen molar-refractivity contribution >= 4 is 33.3 Å². The molecule has 0 radical (unpaired) electrons. The van der Waals surface area contributed by atoms with Crippen molar-refractivity contribution < 1.29 is 9.53 Å². The molecule has 0 aromatic carbocycles. The number of nitrogens with zero attached hydrogens (tertiary/aromatic N) is 4. The molecule has 2 aromatic heterocycles. The number of hydrogen-bond donors (Lipinski definition) is 0. The summed E-state index contributed by atoms with van der Waals surface area (Å²) in [5, 5.41) is 1.18. The van der Waals surface area contributed by atoms with E-state index in [1.165, 1.54) is 15.8 Å². The number of carbonyl (C=O) groups is 1. The lowest BCUT2D eigenvalue weighted by Crippen LogP contribution is -2.49. The van der Waals surface area contributed by atoms with Crippen molar-refractivity contribution in [1.82, 2.24) is 14.9 Å². The van der Waals surface area contributed by atoms with Gasteiger partial charge in [0.15, 0.2) is 0 Å². The molecule has 4 rings (SSSR count). The van der Waals surface area contributed by atoms with Gasteiger partial charge in [-0.1, -0.05) is 0 Å². The fourth-order valence-corrected chi connectivity index (χ4v) is 5.01. The molecule has 7 heteroatoms. The maximum atomic E-state index is 12.8. The van der Waals surface area contributed by atoms with Gasteiger partial charge in [0.05, 0.1) is 18.1 Å². The van der Waals surface area contributed by atoms with Crippen LogP contribution in [0.15, 0.2) is 6.33 Å². The summed E-state index contributed by atoms with van der Waals surface area (Å²) >= 11 is 1.73. The second-order valence-electron chi connectivity index (χ2n) is 7.39. The van der Waals surface area contributed by atoms with Crippen LogP contribution in [0.25, 0.3) is 10.2 Å². The van der Waals surface area contributed by atoms with Gasteiger partial charge in [-0.15, -0.1) is 11.3 Å². The zero-order valence-electron chi connectivity index (χ0n) is 15.7. The van der Waals surface area contributed by atoms with Gasteiger partial charge < -0.3 is 14.5 Å². The molecule has 0 aliphatic carbocycles. The molecule has 1 atom stereocenters. The number of amides is 1. The number of rotatable bonds is 2. The van der Waals surface area contributed by atoms with Crippen LogP contribution in [0.2, 0.25) is 0 Å². The molecular formula is C19H26N4O2S. The molecule has 140 valence electrons. The molecule has 0 unspecified atom stereocenters. The molecule has 0 saturated carbocycles. The monoisotopic (exact) mass is 374 g/mol. The number of hydrogen-bond acceptors (Lipinski definition) is 6. The molecule has 2 aliphatic rings. The Kier molecular flexibility index (Phi) is 4.84. The van der Waals surface area contributed by atoms with E-state index in [9.17, 15) is 4.79 Å². The zero-order chi connectivity index (χ0) is 18.3. The van der Waals surface area contributed by atoms with Crippen LogP contribution < -0.4 is 4.90 Å². The van der Waals surface area contributed by atoms with E-state index in [2.05, 4.69) is 28.7 Å². The van der Waals surface area contributed by atoms with Crippen molar-refractivity contribution in [2.75, 3.05) is 37.7 Å². The average molecular weight is 375 g/mol. The maximum absolute atomic E-state index is 12.8. The zero-order valence-corrected chi connectivity index (χ0v) is 16.5. The highest BCUT2D eigenvalue weighted by Gasteiger charge is 2.31. The van der Waals surface area contributed by atoms with Crippen LogP contribution in [0, 0.1) is 19.8 Å². The smallest absolute Gasteiger partial charge is 0.225 e. The van der Waals surface area contributed by atoms with E-state index in [0.717, 1.165) is 49.7 Å². The number of fused-ring (bicyclic) bond motifs is 1. The standard InChI is InChI=1S/C19H26N4O2S/c1-12-10-23(8-9-25-12)19(24)15-4-6-22(7-5-15)17-16-13(2)14(3)26-18(16)21-11-20-17/h11-12,15H,4-10H2,1-3H3/t12-/m1/s1. The van der Waals surface area contributed by atoms with Crippen LogP contribution in [0.1, 0.15) is 30.2 Å². The molecule has 6 nitrogen and oxygen atoms in total. The molecule has 0 N–H and O–H groups in total. The van der Waals surface area contributed by atoms with Gasteiger partial charge in [0.1, 0.15) is 17.0 Å². The maximum Gasteiger partial charge on any atom is 0.225 e. The number of ether oxygens (including phenoxy) is 1. The largest absolute Gasteiger partial charge is 0.375 e. The molecule has 2 aliphatic heterocycles. The summed E-state index contributed by atoms with van der Waals surface area (Å²) in [5.74, 6) is 1.46. The van der Waals surface area contributed by atoms with Gasteiger partial charge in [-0.2, -0.15) is 0 Å². The minimum absolute atomic E-state index is 0.124. The lowest BCUT2D eigenvalue weighted by molar-refractivity contribution is -0.143. The lowest BCUT2D eigenvalue weighted by atomic mass is 9.94. The Morgan fingerprint density at radius 3 is 2.73 bits per heavy atom. The molecule has 26 heavy (non-hydrogen) atoms. The number of carbonyl (C=O) groups excluding carboxylic acids is 1. The third-order valence-electron chi connectivity index (χ3n) is 5.64. The van der Waals surface area contributed by atoms with Gasteiger partial charge in [0.25, 0.3) is 0 Å². The highest BCUT2D eigenvalue weighted by molar-refractivity contribution is 7.18. The van der Waals surface area contributed by atoms with E-state index < -0.39 is 0 Å². The average Bonchev–Trinajstić information content (AvgIpc) is 2.95. The van der Waals surface area contributed by atoms with Crippen LogP contribution in [0.3, 0.4) is 0 Å². The van der Waals surface area contributed by atoms with Crippen molar-refractivity contribution in [1.29, 1.82) is 0 Å². The third-order valence-corrected chi connectivity index (χ3v) is 6.76. The predicted octanol–water partition coefficient (Wildman–Crippen LogP) is 2.77. The van der Waals surface area contributed by atoms with Crippen LogP contribution in [0.4, 0.5) is 5.82 Å². The van der Waals surface area contributed by atoms with Gasteiger partial charge in [-0.3, -0.25) is 4.79 Å². The first-order valence-corrected chi connectivity index (χ1v) is 10.2. The fourth-order valence-electron chi connectivity index (χ4n) is 4.02. The van der Waals surface area contributed by atoms with Crippen molar-refractivity contribution in [3.8, 4) is 0 Å². The van der Waals surface area contributed by atoms with Crippen molar-refractivity contribution in [2.45, 2.75) is 39.7 Å². The first-order chi connectivity index (χ1) is 12.5. The summed E-state index contributed by atoms with van der Waals surface area (Å²) in [5.41, 5.74) is 1.28. The van der Waals surface area contributed by atoms with Gasteiger partial charge >= 0.3 is 0 Å². The lowest BCUT2D eigenvalue weighted by Gasteiger charge is -2.37. The van der Waals surface area contributed by atoms with Crippen molar-refractivity contribution in [2.24, 2.45) is 5.92 Å². The van der Waals surface area contributed by atoms with Gasteiger partial charge in [-0.25, -0.2) is 9.97 Å². The normalized spacial score (nSPS) is 22.2. The number of piperidine rings is 1. The number of aryl methyl sites for hydroxylation is 2. The Bertz CT molecular complexity index is 813. The summed E-state index contributed by atoms with van der Waals surface area (Å²) in [6.07, 6.45) is 3.59. The highest BCUT2D eigenvalue weighted by atomic mass is 32.1. The molecule has 2 fully saturated rings. The van der Waals surface area contributed by atoms with Crippen LogP contribution in [0.5, 0.6) is 0 Å². The van der Waals surface area contributed by atoms with E-state index in [1.807, 2.05) is 11.8 Å². The Balaban J connectivity index is 1.46. The summed E-state index contributed by atoms with van der Waals surface area (Å²) in [6, 6.07) is 0. The number of anilines is 1. The Morgan fingerprint density at radius 2 is 2.00 bits per heavy atom. The van der Waals surface area contributed by atoms with E-state index in [-0.39, 0.29) is 12.0 Å². The van der Waals surface area contributed by atoms with Crippen LogP contribution >= 0.6 is 11.3 Å². The second kappa shape index (κ2) is 7.12. The molecule has 2 aromatic rings. The highest BCUT2D eigenvalue weighted by Crippen LogP contribution is 2.35. The Morgan fingerprint density at radius 1 is 1.23 bits per heavy atom. The molecule has 0 spiro atoms. The van der Waals surface area contributed by atoms with Crippen molar-refractivity contribution in [3.05, 3.63) is 16.8 Å². The summed E-state index contributed by atoms with van der Waals surface area (Å²) < 4.78 is 5.56. The molecule has 0 bridgehead atoms.